The van der Waals surface area contributed by atoms with Crippen molar-refractivity contribution in [3.63, 3.8) is 0 Å². The van der Waals surface area contributed by atoms with Gasteiger partial charge in [-0.3, -0.25) is 4.79 Å². The topological polar surface area (TPSA) is 58.4 Å². The Hall–Kier alpha value is -1.50. The summed E-state index contributed by atoms with van der Waals surface area (Å²) in [7, 11) is 0. The van der Waals surface area contributed by atoms with Gasteiger partial charge in [-0.1, -0.05) is 0 Å². The van der Waals surface area contributed by atoms with Gasteiger partial charge in [-0.15, -0.1) is 0 Å². The number of carbonyl (C=O) groups excluding carboxylic acids is 1. The maximum Gasteiger partial charge on any atom is 0.309 e. The summed E-state index contributed by atoms with van der Waals surface area (Å²) in [5.41, 5.74) is 0.747. The molecule has 0 aliphatic carbocycles. The molecule has 0 spiro atoms. The van der Waals surface area contributed by atoms with Gasteiger partial charge < -0.3 is 14.6 Å². The van der Waals surface area contributed by atoms with Crippen LogP contribution in [0.2, 0.25) is 0 Å². The first kappa shape index (κ1) is 12.5. The average Bonchev–Trinajstić information content (AvgIpc) is 2.81. The predicted molar refractivity (Wildman–Crippen MR) is 62.0 cm³/mol. The van der Waals surface area contributed by atoms with Crippen molar-refractivity contribution in [2.75, 3.05) is 19.6 Å². The Balaban J connectivity index is 1.72. The monoisotopic (exact) mass is 271 g/mol. The van der Waals surface area contributed by atoms with Crippen LogP contribution in [0.15, 0.2) is 4.42 Å². The third-order valence-corrected chi connectivity index (χ3v) is 3.56. The fourth-order valence-corrected chi connectivity index (χ4v) is 2.39. The first-order chi connectivity index (χ1) is 9.05. The molecule has 104 valence electrons. The zero-order valence-electron chi connectivity index (χ0n) is 10.4. The summed E-state index contributed by atoms with van der Waals surface area (Å²) in [4.78, 5) is 17.7. The van der Waals surface area contributed by atoms with E-state index in [4.69, 9.17) is 4.42 Å². The zero-order valence-corrected chi connectivity index (χ0v) is 10.4. The molecule has 0 atom stereocenters. The molecule has 5 nitrogen and oxygen atoms in total. The molecule has 3 rings (SSSR count). The van der Waals surface area contributed by atoms with E-state index in [0.29, 0.717) is 13.0 Å². The van der Waals surface area contributed by atoms with Crippen molar-refractivity contribution in [1.29, 1.82) is 0 Å². The van der Waals surface area contributed by atoms with Crippen LogP contribution in [-0.2, 0) is 13.0 Å². The van der Waals surface area contributed by atoms with Gasteiger partial charge in [0, 0.05) is 45.4 Å². The summed E-state index contributed by atoms with van der Waals surface area (Å²) in [6.45, 7) is 1.49. The SMILES string of the molecule is O=C(c1nc2c(o1)CCNC2)N1CCC(F)(F)CC1. The lowest BCUT2D eigenvalue weighted by atomic mass is 10.1. The highest BCUT2D eigenvalue weighted by molar-refractivity contribution is 5.89. The number of carbonyl (C=O) groups is 1. The number of amides is 1. The lowest BCUT2D eigenvalue weighted by Crippen LogP contribution is -2.42. The van der Waals surface area contributed by atoms with Crippen LogP contribution >= 0.6 is 0 Å². The Kier molecular flexibility index (Phi) is 3.00. The molecule has 1 fully saturated rings. The predicted octanol–water partition coefficient (Wildman–Crippen LogP) is 1.19. The molecule has 2 aliphatic rings. The molecule has 1 aromatic heterocycles. The van der Waals surface area contributed by atoms with E-state index in [-0.39, 0.29) is 37.7 Å². The number of hydrogen-bond acceptors (Lipinski definition) is 4. The summed E-state index contributed by atoms with van der Waals surface area (Å²) in [5.74, 6) is -2.29. The number of hydrogen-bond donors (Lipinski definition) is 1. The standard InChI is InChI=1S/C12H15F2N3O2/c13-12(14)2-5-17(6-3-12)11(18)10-16-8-7-15-4-1-9(8)19-10/h15H,1-7H2. The number of halogens is 2. The van der Waals surface area contributed by atoms with E-state index in [0.717, 1.165) is 18.0 Å². The van der Waals surface area contributed by atoms with E-state index < -0.39 is 5.92 Å². The summed E-state index contributed by atoms with van der Waals surface area (Å²) in [6.07, 6.45) is 0.120. The van der Waals surface area contributed by atoms with Crippen molar-refractivity contribution in [3.05, 3.63) is 17.3 Å². The van der Waals surface area contributed by atoms with Crippen molar-refractivity contribution in [2.24, 2.45) is 0 Å². The molecule has 0 saturated carbocycles. The summed E-state index contributed by atoms with van der Waals surface area (Å²) in [6, 6.07) is 0. The van der Waals surface area contributed by atoms with Crippen LogP contribution in [0.3, 0.4) is 0 Å². The molecule has 1 saturated heterocycles. The van der Waals surface area contributed by atoms with E-state index >= 15 is 0 Å². The molecular weight excluding hydrogens is 256 g/mol. The number of likely N-dealkylation sites (tertiary alicyclic amines) is 1. The number of aromatic nitrogens is 1. The smallest absolute Gasteiger partial charge is 0.309 e. The van der Waals surface area contributed by atoms with Gasteiger partial charge in [-0.25, -0.2) is 13.8 Å². The second kappa shape index (κ2) is 4.56. The number of nitrogens with one attached hydrogen (secondary N) is 1. The summed E-state index contributed by atoms with van der Waals surface area (Å²) >= 11 is 0. The van der Waals surface area contributed by atoms with Crippen molar-refractivity contribution in [3.8, 4) is 0 Å². The number of piperidine rings is 1. The first-order valence-electron chi connectivity index (χ1n) is 6.41. The molecule has 1 N–H and O–H groups in total. The van der Waals surface area contributed by atoms with Crippen molar-refractivity contribution >= 4 is 5.91 Å². The van der Waals surface area contributed by atoms with Crippen LogP contribution in [0.5, 0.6) is 0 Å². The van der Waals surface area contributed by atoms with Crippen molar-refractivity contribution in [2.45, 2.75) is 31.7 Å². The van der Waals surface area contributed by atoms with Gasteiger partial charge in [-0.05, 0) is 0 Å². The minimum Gasteiger partial charge on any atom is -0.437 e. The molecule has 19 heavy (non-hydrogen) atoms. The maximum absolute atomic E-state index is 13.0. The number of oxazole rings is 1. The summed E-state index contributed by atoms with van der Waals surface area (Å²) in [5, 5.41) is 3.14. The Bertz CT molecular complexity index is 468. The molecule has 7 heteroatoms. The van der Waals surface area contributed by atoms with Gasteiger partial charge in [0.15, 0.2) is 0 Å². The second-order valence-corrected chi connectivity index (χ2v) is 4.96. The number of fused-ring (bicyclic) bond motifs is 1. The van der Waals surface area contributed by atoms with Crippen LogP contribution in [-0.4, -0.2) is 41.3 Å². The molecule has 0 aromatic carbocycles. The first-order valence-corrected chi connectivity index (χ1v) is 6.41. The molecule has 0 bridgehead atoms. The van der Waals surface area contributed by atoms with Crippen LogP contribution in [0.1, 0.15) is 35.0 Å². The van der Waals surface area contributed by atoms with Crippen LogP contribution < -0.4 is 5.32 Å². The largest absolute Gasteiger partial charge is 0.437 e. The molecule has 1 amide bonds. The molecule has 0 radical (unpaired) electrons. The third kappa shape index (κ3) is 2.47. The maximum atomic E-state index is 13.0. The Morgan fingerprint density at radius 3 is 2.79 bits per heavy atom. The zero-order chi connectivity index (χ0) is 13.5. The third-order valence-electron chi connectivity index (χ3n) is 3.56. The average molecular weight is 271 g/mol. The molecule has 3 heterocycles. The fourth-order valence-electron chi connectivity index (χ4n) is 2.39. The van der Waals surface area contributed by atoms with Gasteiger partial charge in [0.25, 0.3) is 11.8 Å². The normalized spacial score (nSPS) is 22.1. The van der Waals surface area contributed by atoms with E-state index in [9.17, 15) is 13.6 Å². The minimum atomic E-state index is -2.66. The lowest BCUT2D eigenvalue weighted by Gasteiger charge is -2.30. The van der Waals surface area contributed by atoms with E-state index in [2.05, 4.69) is 10.3 Å². The molecule has 0 unspecified atom stereocenters. The van der Waals surface area contributed by atoms with E-state index in [1.165, 1.54) is 4.90 Å². The van der Waals surface area contributed by atoms with Gasteiger partial charge in [0.2, 0.25) is 0 Å². The van der Waals surface area contributed by atoms with Gasteiger partial charge in [-0.2, -0.15) is 0 Å². The molecular formula is C12H15F2N3O2. The molecule has 1 aromatic rings. The van der Waals surface area contributed by atoms with Crippen LogP contribution in [0.25, 0.3) is 0 Å². The van der Waals surface area contributed by atoms with E-state index in [1.807, 2.05) is 0 Å². The molecule has 2 aliphatic heterocycles. The quantitative estimate of drug-likeness (QED) is 0.833. The Morgan fingerprint density at radius 2 is 2.11 bits per heavy atom. The van der Waals surface area contributed by atoms with Crippen LogP contribution in [0.4, 0.5) is 8.78 Å². The Morgan fingerprint density at radius 1 is 1.37 bits per heavy atom. The number of nitrogens with zero attached hydrogens (tertiary/aromatic N) is 2. The number of alkyl halides is 2. The van der Waals surface area contributed by atoms with Gasteiger partial charge in [0.1, 0.15) is 5.76 Å². The van der Waals surface area contributed by atoms with Crippen molar-refractivity contribution < 1.29 is 18.0 Å². The fraction of sp³-hybridized carbons (Fsp3) is 0.667. The van der Waals surface area contributed by atoms with E-state index in [1.54, 1.807) is 0 Å². The van der Waals surface area contributed by atoms with Gasteiger partial charge >= 0.3 is 5.91 Å². The van der Waals surface area contributed by atoms with Gasteiger partial charge in [0.05, 0.1) is 5.69 Å². The highest BCUT2D eigenvalue weighted by atomic mass is 19.3. The highest BCUT2D eigenvalue weighted by Gasteiger charge is 2.37. The highest BCUT2D eigenvalue weighted by Crippen LogP contribution is 2.28. The lowest BCUT2D eigenvalue weighted by molar-refractivity contribution is -0.0499. The Labute approximate surface area is 109 Å². The summed E-state index contributed by atoms with van der Waals surface area (Å²) < 4.78 is 31.5. The number of rotatable bonds is 1. The van der Waals surface area contributed by atoms with Crippen LogP contribution in [0, 0.1) is 0 Å². The second-order valence-electron chi connectivity index (χ2n) is 4.96. The minimum absolute atomic E-state index is 0.0268. The van der Waals surface area contributed by atoms with Crippen molar-refractivity contribution in [1.82, 2.24) is 15.2 Å².